The van der Waals surface area contributed by atoms with Gasteiger partial charge in [-0.3, -0.25) is 0 Å². The first-order valence-electron chi connectivity index (χ1n) is 7.62. The summed E-state index contributed by atoms with van der Waals surface area (Å²) in [6, 6.07) is 17.3. The molecule has 21 heavy (non-hydrogen) atoms. The Kier molecular flexibility index (Phi) is 5.82. The molecule has 0 saturated carbocycles. The predicted molar refractivity (Wildman–Crippen MR) is 88.9 cm³/mol. The topological polar surface area (TPSA) is 21.3 Å². The molecule has 0 fully saturated rings. The van der Waals surface area contributed by atoms with Gasteiger partial charge in [0.05, 0.1) is 7.11 Å². The SMILES string of the molecule is COc1cc(C)ccc1C(C)NCCCc1ccccc1. The highest BCUT2D eigenvalue weighted by Gasteiger charge is 2.10. The monoisotopic (exact) mass is 283 g/mol. The molecule has 1 unspecified atom stereocenters. The van der Waals surface area contributed by atoms with Gasteiger partial charge in [-0.2, -0.15) is 0 Å². The number of hydrogen-bond acceptors (Lipinski definition) is 2. The van der Waals surface area contributed by atoms with E-state index in [4.69, 9.17) is 4.74 Å². The lowest BCUT2D eigenvalue weighted by Crippen LogP contribution is -2.20. The molecule has 2 aromatic carbocycles. The smallest absolute Gasteiger partial charge is 0.123 e. The van der Waals surface area contributed by atoms with Crippen LogP contribution in [0.1, 0.15) is 36.1 Å². The maximum Gasteiger partial charge on any atom is 0.123 e. The summed E-state index contributed by atoms with van der Waals surface area (Å²) in [6.07, 6.45) is 2.26. The summed E-state index contributed by atoms with van der Waals surface area (Å²) >= 11 is 0. The minimum Gasteiger partial charge on any atom is -0.496 e. The Bertz CT molecular complexity index is 551. The Labute approximate surface area is 128 Å². The molecule has 0 heterocycles. The van der Waals surface area contributed by atoms with Crippen molar-refractivity contribution in [2.45, 2.75) is 32.7 Å². The van der Waals surface area contributed by atoms with Gasteiger partial charge in [0.15, 0.2) is 0 Å². The number of hydrogen-bond donors (Lipinski definition) is 1. The Balaban J connectivity index is 1.83. The van der Waals surface area contributed by atoms with Crippen molar-refractivity contribution in [3.8, 4) is 5.75 Å². The largest absolute Gasteiger partial charge is 0.496 e. The van der Waals surface area contributed by atoms with Gasteiger partial charge in [0.2, 0.25) is 0 Å². The Hall–Kier alpha value is -1.80. The molecule has 2 rings (SSSR count). The lowest BCUT2D eigenvalue weighted by molar-refractivity contribution is 0.401. The second kappa shape index (κ2) is 7.84. The summed E-state index contributed by atoms with van der Waals surface area (Å²) < 4.78 is 5.48. The molecule has 0 saturated heterocycles. The fraction of sp³-hybridized carbons (Fsp3) is 0.368. The zero-order valence-corrected chi connectivity index (χ0v) is 13.2. The van der Waals surface area contributed by atoms with E-state index < -0.39 is 0 Å². The van der Waals surface area contributed by atoms with Gasteiger partial charge in [-0.25, -0.2) is 0 Å². The zero-order valence-electron chi connectivity index (χ0n) is 13.2. The lowest BCUT2D eigenvalue weighted by atomic mass is 10.0. The Morgan fingerprint density at radius 2 is 1.86 bits per heavy atom. The number of nitrogens with one attached hydrogen (secondary N) is 1. The molecule has 1 atom stereocenters. The van der Waals surface area contributed by atoms with Crippen molar-refractivity contribution in [2.75, 3.05) is 13.7 Å². The quantitative estimate of drug-likeness (QED) is 0.765. The van der Waals surface area contributed by atoms with Crippen LogP contribution in [0.4, 0.5) is 0 Å². The van der Waals surface area contributed by atoms with Gasteiger partial charge < -0.3 is 10.1 Å². The minimum absolute atomic E-state index is 0.302. The second-order valence-corrected chi connectivity index (χ2v) is 5.51. The van der Waals surface area contributed by atoms with E-state index in [0.29, 0.717) is 6.04 Å². The van der Waals surface area contributed by atoms with Gasteiger partial charge in [0.25, 0.3) is 0 Å². The van der Waals surface area contributed by atoms with Crippen molar-refractivity contribution in [3.63, 3.8) is 0 Å². The summed E-state index contributed by atoms with van der Waals surface area (Å²) in [5, 5.41) is 3.58. The van der Waals surface area contributed by atoms with Crippen molar-refractivity contribution in [1.82, 2.24) is 5.32 Å². The van der Waals surface area contributed by atoms with Crippen LogP contribution >= 0.6 is 0 Å². The van der Waals surface area contributed by atoms with Crippen LogP contribution in [-0.2, 0) is 6.42 Å². The first-order valence-corrected chi connectivity index (χ1v) is 7.62. The second-order valence-electron chi connectivity index (χ2n) is 5.51. The van der Waals surface area contributed by atoms with Crippen LogP contribution in [0.15, 0.2) is 48.5 Å². The highest BCUT2D eigenvalue weighted by molar-refractivity contribution is 5.39. The molecular formula is C19H25NO. The first kappa shape index (κ1) is 15.6. The van der Waals surface area contributed by atoms with Crippen molar-refractivity contribution in [3.05, 3.63) is 65.2 Å². The molecule has 112 valence electrons. The number of methoxy groups -OCH3 is 1. The third-order valence-electron chi connectivity index (χ3n) is 3.79. The van der Waals surface area contributed by atoms with Gasteiger partial charge in [0.1, 0.15) is 5.75 Å². The van der Waals surface area contributed by atoms with Gasteiger partial charge in [-0.05, 0) is 50.4 Å². The molecule has 0 amide bonds. The zero-order chi connectivity index (χ0) is 15.1. The summed E-state index contributed by atoms with van der Waals surface area (Å²) in [4.78, 5) is 0. The van der Waals surface area contributed by atoms with E-state index >= 15 is 0 Å². The Morgan fingerprint density at radius 3 is 2.57 bits per heavy atom. The molecule has 2 nitrogen and oxygen atoms in total. The van der Waals surface area contributed by atoms with Gasteiger partial charge in [-0.15, -0.1) is 0 Å². The third-order valence-corrected chi connectivity index (χ3v) is 3.79. The summed E-state index contributed by atoms with van der Waals surface area (Å²) in [6.45, 7) is 5.28. The van der Waals surface area contributed by atoms with Gasteiger partial charge >= 0.3 is 0 Å². The number of aryl methyl sites for hydroxylation is 2. The average molecular weight is 283 g/mol. The van der Waals surface area contributed by atoms with Crippen LogP contribution in [-0.4, -0.2) is 13.7 Å². The van der Waals surface area contributed by atoms with E-state index in [0.717, 1.165) is 25.1 Å². The van der Waals surface area contributed by atoms with Gasteiger partial charge in [0, 0.05) is 11.6 Å². The van der Waals surface area contributed by atoms with E-state index in [1.54, 1.807) is 7.11 Å². The van der Waals surface area contributed by atoms with Crippen molar-refractivity contribution in [2.24, 2.45) is 0 Å². The maximum absolute atomic E-state index is 5.48. The minimum atomic E-state index is 0.302. The molecule has 0 spiro atoms. The third kappa shape index (κ3) is 4.61. The maximum atomic E-state index is 5.48. The molecular weight excluding hydrogens is 258 g/mol. The average Bonchev–Trinajstić information content (AvgIpc) is 2.52. The molecule has 2 aromatic rings. The highest BCUT2D eigenvalue weighted by Crippen LogP contribution is 2.25. The van der Waals surface area contributed by atoms with Crippen LogP contribution in [0.3, 0.4) is 0 Å². The van der Waals surface area contributed by atoms with E-state index in [2.05, 4.69) is 67.7 Å². The van der Waals surface area contributed by atoms with Crippen LogP contribution in [0.2, 0.25) is 0 Å². The normalized spacial score (nSPS) is 12.1. The summed E-state index contributed by atoms with van der Waals surface area (Å²) in [5.41, 5.74) is 3.86. The number of rotatable bonds is 7. The van der Waals surface area contributed by atoms with E-state index in [1.165, 1.54) is 16.7 Å². The molecule has 0 radical (unpaired) electrons. The summed E-state index contributed by atoms with van der Waals surface area (Å²) in [7, 11) is 1.74. The predicted octanol–water partition coefficient (Wildman–Crippen LogP) is 4.29. The molecule has 0 aliphatic rings. The first-order chi connectivity index (χ1) is 10.2. The van der Waals surface area contributed by atoms with Gasteiger partial charge in [-0.1, -0.05) is 42.5 Å². The Morgan fingerprint density at radius 1 is 1.10 bits per heavy atom. The fourth-order valence-corrected chi connectivity index (χ4v) is 2.54. The van der Waals surface area contributed by atoms with Crippen LogP contribution in [0.5, 0.6) is 5.75 Å². The molecule has 0 aliphatic carbocycles. The number of ether oxygens (including phenoxy) is 1. The van der Waals surface area contributed by atoms with E-state index in [9.17, 15) is 0 Å². The standard InChI is InChI=1S/C19H25NO/c1-15-11-12-18(19(14-15)21-3)16(2)20-13-7-10-17-8-5-4-6-9-17/h4-6,8-9,11-12,14,16,20H,7,10,13H2,1-3H3. The van der Waals surface area contributed by atoms with Crippen LogP contribution in [0, 0.1) is 6.92 Å². The van der Waals surface area contributed by atoms with Crippen molar-refractivity contribution >= 4 is 0 Å². The summed E-state index contributed by atoms with van der Waals surface area (Å²) in [5.74, 6) is 0.970. The van der Waals surface area contributed by atoms with E-state index in [-0.39, 0.29) is 0 Å². The van der Waals surface area contributed by atoms with Crippen molar-refractivity contribution in [1.29, 1.82) is 0 Å². The van der Waals surface area contributed by atoms with Crippen LogP contribution < -0.4 is 10.1 Å². The lowest BCUT2D eigenvalue weighted by Gasteiger charge is -2.18. The molecule has 2 heteroatoms. The van der Waals surface area contributed by atoms with E-state index in [1.807, 2.05) is 0 Å². The molecule has 0 aliphatic heterocycles. The molecule has 1 N–H and O–H groups in total. The number of benzene rings is 2. The molecule has 0 aromatic heterocycles. The highest BCUT2D eigenvalue weighted by atomic mass is 16.5. The van der Waals surface area contributed by atoms with Crippen LogP contribution in [0.25, 0.3) is 0 Å². The van der Waals surface area contributed by atoms with Crippen molar-refractivity contribution < 1.29 is 4.74 Å². The fourth-order valence-electron chi connectivity index (χ4n) is 2.54. The molecule has 0 bridgehead atoms.